The quantitative estimate of drug-likeness (QED) is 0.453. The smallest absolute Gasteiger partial charge is 0.312 e. The van der Waals surface area contributed by atoms with Gasteiger partial charge < -0.3 is 4.74 Å². The third-order valence-electron chi connectivity index (χ3n) is 2.32. The highest BCUT2D eigenvalue weighted by Crippen LogP contribution is 2.38. The van der Waals surface area contributed by atoms with Crippen LogP contribution >= 0.6 is 27.5 Å². The van der Waals surface area contributed by atoms with E-state index in [1.807, 2.05) is 0 Å². The van der Waals surface area contributed by atoms with Crippen LogP contribution < -0.4 is 4.74 Å². The lowest BCUT2D eigenvalue weighted by Gasteiger charge is -2.07. The van der Waals surface area contributed by atoms with E-state index in [0.717, 1.165) is 12.1 Å². The standard InChI is InChI=1S/C11H5BrClN3O5/c12-7-2-1-3-8(16(19)20)11(7)21-10-5-6(15(17)18)4-9(13)14-10/h1-5H. The third-order valence-corrected chi connectivity index (χ3v) is 3.13. The number of pyridine rings is 1. The number of nitrogens with zero attached hydrogens (tertiary/aromatic N) is 3. The summed E-state index contributed by atoms with van der Waals surface area (Å²) in [5.41, 5.74) is -0.645. The summed E-state index contributed by atoms with van der Waals surface area (Å²) in [7, 11) is 0. The molecular formula is C11H5BrClN3O5. The van der Waals surface area contributed by atoms with Gasteiger partial charge in [0.25, 0.3) is 5.69 Å². The van der Waals surface area contributed by atoms with E-state index in [1.165, 1.54) is 18.2 Å². The van der Waals surface area contributed by atoms with Crippen LogP contribution in [0.1, 0.15) is 0 Å². The van der Waals surface area contributed by atoms with E-state index >= 15 is 0 Å². The molecule has 0 unspecified atom stereocenters. The molecule has 0 bridgehead atoms. The molecule has 1 heterocycles. The molecular weight excluding hydrogens is 369 g/mol. The summed E-state index contributed by atoms with van der Waals surface area (Å²) < 4.78 is 5.59. The number of rotatable bonds is 4. The SMILES string of the molecule is O=[N+]([O-])c1cc(Cl)nc(Oc2c(Br)cccc2[N+](=O)[O-])c1. The van der Waals surface area contributed by atoms with Crippen molar-refractivity contribution < 1.29 is 14.6 Å². The molecule has 0 aliphatic rings. The molecule has 1 aromatic heterocycles. The Hall–Kier alpha value is -2.26. The average molecular weight is 375 g/mol. The number of ether oxygens (including phenoxy) is 1. The maximum atomic E-state index is 11.0. The third kappa shape index (κ3) is 3.44. The Morgan fingerprint density at radius 1 is 1.19 bits per heavy atom. The maximum Gasteiger partial charge on any atom is 0.312 e. The van der Waals surface area contributed by atoms with Gasteiger partial charge >= 0.3 is 5.69 Å². The minimum atomic E-state index is -0.672. The van der Waals surface area contributed by atoms with E-state index in [2.05, 4.69) is 20.9 Å². The second-order valence-corrected chi connectivity index (χ2v) is 4.93. The Bertz CT molecular complexity index is 740. The van der Waals surface area contributed by atoms with E-state index in [9.17, 15) is 20.2 Å². The van der Waals surface area contributed by atoms with Gasteiger partial charge in [0.15, 0.2) is 0 Å². The summed E-state index contributed by atoms with van der Waals surface area (Å²) in [6.07, 6.45) is 0. The molecule has 0 radical (unpaired) electrons. The molecule has 0 fully saturated rings. The van der Waals surface area contributed by atoms with Gasteiger partial charge in [0, 0.05) is 6.07 Å². The molecule has 2 rings (SSSR count). The second kappa shape index (κ2) is 6.02. The zero-order chi connectivity index (χ0) is 15.6. The molecule has 21 heavy (non-hydrogen) atoms. The van der Waals surface area contributed by atoms with Crippen molar-refractivity contribution in [3.8, 4) is 11.6 Å². The first-order chi connectivity index (χ1) is 9.88. The summed E-state index contributed by atoms with van der Waals surface area (Å²) in [5, 5.41) is 21.5. The van der Waals surface area contributed by atoms with Gasteiger partial charge in [-0.25, -0.2) is 4.98 Å². The van der Waals surface area contributed by atoms with E-state index in [-0.39, 0.29) is 28.2 Å². The average Bonchev–Trinajstić information content (AvgIpc) is 2.40. The van der Waals surface area contributed by atoms with Gasteiger partial charge in [-0.1, -0.05) is 17.7 Å². The molecule has 0 saturated heterocycles. The predicted molar refractivity (Wildman–Crippen MR) is 76.8 cm³/mol. The second-order valence-electron chi connectivity index (χ2n) is 3.69. The Balaban J connectivity index is 2.48. The lowest BCUT2D eigenvalue weighted by atomic mass is 10.3. The minimum absolute atomic E-state index is 0.119. The summed E-state index contributed by atoms with van der Waals surface area (Å²) in [6, 6.07) is 6.29. The molecule has 0 aliphatic carbocycles. The van der Waals surface area contributed by atoms with Crippen molar-refractivity contribution in [1.82, 2.24) is 4.98 Å². The van der Waals surface area contributed by atoms with Crippen molar-refractivity contribution >= 4 is 38.9 Å². The molecule has 1 aromatic carbocycles. The van der Waals surface area contributed by atoms with Gasteiger partial charge in [-0.2, -0.15) is 0 Å². The van der Waals surface area contributed by atoms with Crippen LogP contribution in [-0.2, 0) is 0 Å². The summed E-state index contributed by atoms with van der Waals surface area (Å²) in [6.45, 7) is 0. The Kier molecular flexibility index (Phi) is 4.34. The van der Waals surface area contributed by atoms with Crippen molar-refractivity contribution in [1.29, 1.82) is 0 Å². The normalized spacial score (nSPS) is 10.2. The van der Waals surface area contributed by atoms with Crippen LogP contribution in [-0.4, -0.2) is 14.8 Å². The molecule has 0 atom stereocenters. The fraction of sp³-hybridized carbons (Fsp3) is 0. The minimum Gasteiger partial charge on any atom is -0.430 e. The van der Waals surface area contributed by atoms with E-state index in [0.29, 0.717) is 4.47 Å². The number of hydrogen-bond acceptors (Lipinski definition) is 6. The van der Waals surface area contributed by atoms with Crippen LogP contribution in [0.2, 0.25) is 5.15 Å². The van der Waals surface area contributed by atoms with Gasteiger partial charge in [-0.15, -0.1) is 0 Å². The van der Waals surface area contributed by atoms with Crippen LogP contribution in [0, 0.1) is 20.2 Å². The number of nitro groups is 2. The first-order valence-corrected chi connectivity index (χ1v) is 6.48. The van der Waals surface area contributed by atoms with Crippen molar-refractivity contribution in [2.24, 2.45) is 0 Å². The monoisotopic (exact) mass is 373 g/mol. The van der Waals surface area contributed by atoms with Gasteiger partial charge in [0.1, 0.15) is 5.15 Å². The van der Waals surface area contributed by atoms with Gasteiger partial charge in [-0.3, -0.25) is 20.2 Å². The maximum absolute atomic E-state index is 11.0. The van der Waals surface area contributed by atoms with Crippen molar-refractivity contribution in [2.75, 3.05) is 0 Å². The molecule has 2 aromatic rings. The topological polar surface area (TPSA) is 108 Å². The number of benzene rings is 1. The highest BCUT2D eigenvalue weighted by molar-refractivity contribution is 9.10. The Labute approximate surface area is 130 Å². The van der Waals surface area contributed by atoms with Crippen molar-refractivity contribution in [2.45, 2.75) is 0 Å². The van der Waals surface area contributed by atoms with Crippen LogP contribution in [0.3, 0.4) is 0 Å². The number of hydrogen-bond donors (Lipinski definition) is 0. The summed E-state index contributed by atoms with van der Waals surface area (Å²) in [4.78, 5) is 24.1. The number of para-hydroxylation sites is 1. The van der Waals surface area contributed by atoms with Gasteiger partial charge in [-0.05, 0) is 22.0 Å². The van der Waals surface area contributed by atoms with Crippen LogP contribution in [0.4, 0.5) is 11.4 Å². The Morgan fingerprint density at radius 3 is 2.52 bits per heavy atom. The fourth-order valence-electron chi connectivity index (χ4n) is 1.46. The molecule has 8 nitrogen and oxygen atoms in total. The molecule has 0 spiro atoms. The van der Waals surface area contributed by atoms with Crippen molar-refractivity contribution in [3.63, 3.8) is 0 Å². The van der Waals surface area contributed by atoms with E-state index < -0.39 is 9.85 Å². The van der Waals surface area contributed by atoms with Crippen molar-refractivity contribution in [3.05, 3.63) is 60.2 Å². The first-order valence-electron chi connectivity index (χ1n) is 5.31. The predicted octanol–water partition coefficient (Wildman–Crippen LogP) is 4.11. The fourth-order valence-corrected chi connectivity index (χ4v) is 2.10. The lowest BCUT2D eigenvalue weighted by Crippen LogP contribution is -1.97. The zero-order valence-electron chi connectivity index (χ0n) is 10.0. The summed E-state index contributed by atoms with van der Waals surface area (Å²) in [5.74, 6) is -0.337. The van der Waals surface area contributed by atoms with E-state index in [4.69, 9.17) is 16.3 Å². The molecule has 10 heteroatoms. The number of aromatic nitrogens is 1. The zero-order valence-corrected chi connectivity index (χ0v) is 12.4. The summed E-state index contributed by atoms with van der Waals surface area (Å²) >= 11 is 8.78. The number of nitro benzene ring substituents is 1. The van der Waals surface area contributed by atoms with Gasteiger partial charge in [0.05, 0.1) is 26.5 Å². The lowest BCUT2D eigenvalue weighted by molar-refractivity contribution is -0.386. The largest absolute Gasteiger partial charge is 0.430 e. The van der Waals surface area contributed by atoms with Crippen LogP contribution in [0.15, 0.2) is 34.8 Å². The first kappa shape index (κ1) is 15.1. The highest BCUT2D eigenvalue weighted by atomic mass is 79.9. The molecule has 0 N–H and O–H groups in total. The van der Waals surface area contributed by atoms with Crippen LogP contribution in [0.25, 0.3) is 0 Å². The Morgan fingerprint density at radius 2 is 1.90 bits per heavy atom. The van der Waals surface area contributed by atoms with Gasteiger partial charge in [0.2, 0.25) is 11.6 Å². The molecule has 0 amide bonds. The molecule has 108 valence electrons. The highest BCUT2D eigenvalue weighted by Gasteiger charge is 2.20. The molecule has 0 saturated carbocycles. The van der Waals surface area contributed by atoms with E-state index in [1.54, 1.807) is 0 Å². The number of halogens is 2. The molecule has 0 aliphatic heterocycles. The van der Waals surface area contributed by atoms with Crippen LogP contribution in [0.5, 0.6) is 11.6 Å².